The molecule has 7 heteroatoms. The number of ketones is 2. The maximum atomic E-state index is 12.8. The zero-order valence-electron chi connectivity index (χ0n) is 23.4. The largest absolute Gasteiger partial charge is 0.501 e. The molecule has 2 aliphatic rings. The van der Waals surface area contributed by atoms with E-state index in [1.54, 1.807) is 0 Å². The monoisotopic (exact) mass is 512 g/mol. The molecule has 35 heavy (non-hydrogen) atoms. The summed E-state index contributed by atoms with van der Waals surface area (Å²) in [5.74, 6) is 1.16. The molecule has 2 rings (SSSR count). The van der Waals surface area contributed by atoms with Crippen molar-refractivity contribution >= 4 is 20.4 Å². The molecular weight excluding hydrogens is 460 g/mol. The summed E-state index contributed by atoms with van der Waals surface area (Å²) in [6.45, 7) is 15.2. The van der Waals surface area contributed by atoms with E-state index in [1.165, 1.54) is 0 Å². The van der Waals surface area contributed by atoms with Gasteiger partial charge >= 0.3 is 8.80 Å². The number of hydrogen-bond acceptors (Lipinski definition) is 6. The van der Waals surface area contributed by atoms with Gasteiger partial charge in [0.1, 0.15) is 11.6 Å². The summed E-state index contributed by atoms with van der Waals surface area (Å²) in [6, 6.07) is 0.760. The lowest BCUT2D eigenvalue weighted by molar-refractivity contribution is -0.133. The third kappa shape index (κ3) is 9.99. The Labute approximate surface area is 215 Å². The van der Waals surface area contributed by atoms with Crippen molar-refractivity contribution in [2.75, 3.05) is 26.4 Å². The zero-order valence-corrected chi connectivity index (χ0v) is 24.4. The topological polar surface area (TPSA) is 71.1 Å². The van der Waals surface area contributed by atoms with Crippen LogP contribution < -0.4 is 0 Å². The molecule has 0 saturated heterocycles. The molecule has 0 spiro atoms. The summed E-state index contributed by atoms with van der Waals surface area (Å²) in [5, 5.41) is 0. The van der Waals surface area contributed by atoms with Crippen LogP contribution in [0.25, 0.3) is 0 Å². The second-order valence-electron chi connectivity index (χ2n) is 11.5. The van der Waals surface area contributed by atoms with Gasteiger partial charge in [0.15, 0.2) is 0 Å². The van der Waals surface area contributed by atoms with E-state index in [2.05, 4.69) is 20.8 Å². The molecule has 2 fully saturated rings. The van der Waals surface area contributed by atoms with Crippen molar-refractivity contribution in [1.82, 2.24) is 0 Å². The van der Waals surface area contributed by atoms with Crippen molar-refractivity contribution in [1.29, 1.82) is 0 Å². The summed E-state index contributed by atoms with van der Waals surface area (Å²) in [5.41, 5.74) is 0.311. The van der Waals surface area contributed by atoms with Gasteiger partial charge in [0.25, 0.3) is 0 Å². The number of rotatable bonds is 15. The standard InChI is InChI=1S/C28H52O6Si/c1-7-32-35(33-8-2,34-9-3)20-10-19-31-25-17-13-23(14-18-25)27(30)21-26(29)22-11-15-24(16-12-22)28(4,5)6/h22-25H,7-21H2,1-6H3. The molecule has 2 saturated carbocycles. The van der Waals surface area contributed by atoms with E-state index >= 15 is 0 Å². The molecule has 0 bridgehead atoms. The minimum absolute atomic E-state index is 0.0265. The van der Waals surface area contributed by atoms with Gasteiger partial charge in [0.2, 0.25) is 0 Å². The first-order valence-corrected chi connectivity index (χ1v) is 16.2. The summed E-state index contributed by atoms with van der Waals surface area (Å²) < 4.78 is 23.9. The average Bonchev–Trinajstić information content (AvgIpc) is 2.82. The third-order valence-corrected chi connectivity index (χ3v) is 11.1. The molecule has 0 aromatic heterocycles. The van der Waals surface area contributed by atoms with Gasteiger partial charge in [-0.05, 0) is 89.9 Å². The van der Waals surface area contributed by atoms with Crippen LogP contribution in [0.1, 0.15) is 106 Å². The minimum Gasteiger partial charge on any atom is -0.378 e. The fraction of sp³-hybridized carbons (Fsp3) is 0.929. The van der Waals surface area contributed by atoms with Crippen LogP contribution in [0, 0.1) is 23.2 Å². The molecule has 204 valence electrons. The molecule has 0 aromatic rings. The lowest BCUT2D eigenvalue weighted by Crippen LogP contribution is -2.46. The summed E-state index contributed by atoms with van der Waals surface area (Å²) in [4.78, 5) is 25.6. The quantitative estimate of drug-likeness (QED) is 0.144. The van der Waals surface area contributed by atoms with Gasteiger partial charge in [0, 0.05) is 44.3 Å². The zero-order chi connectivity index (χ0) is 25.9. The normalized spacial score (nSPS) is 26.0. The van der Waals surface area contributed by atoms with E-state index in [1.807, 2.05) is 20.8 Å². The molecule has 0 amide bonds. The Morgan fingerprint density at radius 3 is 1.63 bits per heavy atom. The number of Topliss-reactive ketones (excluding diaryl/α,β-unsaturated/α-hetero) is 2. The first kappa shape index (κ1) is 30.6. The van der Waals surface area contributed by atoms with Crippen LogP contribution in [-0.2, 0) is 27.6 Å². The first-order chi connectivity index (χ1) is 16.6. The van der Waals surface area contributed by atoms with E-state index in [9.17, 15) is 9.59 Å². The molecule has 0 unspecified atom stereocenters. The number of carbonyl (C=O) groups is 2. The SMILES string of the molecule is CCO[Si](CCCOC1CCC(C(=O)CC(=O)C2CCC(C(C)(C)C)CC2)CC1)(OCC)OCC. The Balaban J connectivity index is 1.67. The highest BCUT2D eigenvalue weighted by atomic mass is 28.4. The van der Waals surface area contributed by atoms with Crippen LogP contribution in [0.4, 0.5) is 0 Å². The van der Waals surface area contributed by atoms with Crippen LogP contribution >= 0.6 is 0 Å². The smallest absolute Gasteiger partial charge is 0.378 e. The maximum absolute atomic E-state index is 12.8. The first-order valence-electron chi connectivity index (χ1n) is 14.2. The van der Waals surface area contributed by atoms with Gasteiger partial charge in [-0.25, -0.2) is 0 Å². The molecule has 0 heterocycles. The van der Waals surface area contributed by atoms with Crippen molar-refractivity contribution in [3.8, 4) is 0 Å². The van der Waals surface area contributed by atoms with E-state index < -0.39 is 8.80 Å². The fourth-order valence-corrected chi connectivity index (χ4v) is 8.41. The average molecular weight is 513 g/mol. The molecule has 0 aromatic carbocycles. The van der Waals surface area contributed by atoms with Crippen molar-refractivity contribution < 1.29 is 27.6 Å². The number of hydrogen-bond donors (Lipinski definition) is 0. The lowest BCUT2D eigenvalue weighted by Gasteiger charge is -2.36. The summed E-state index contributed by atoms with van der Waals surface area (Å²) >= 11 is 0. The van der Waals surface area contributed by atoms with Crippen LogP contribution in [-0.4, -0.2) is 52.9 Å². The highest BCUT2D eigenvalue weighted by Crippen LogP contribution is 2.40. The second kappa shape index (κ2) is 15.0. The molecule has 2 aliphatic carbocycles. The summed E-state index contributed by atoms with van der Waals surface area (Å²) in [6.07, 6.45) is 8.77. The number of carbonyl (C=O) groups excluding carboxylic acids is 2. The second-order valence-corrected chi connectivity index (χ2v) is 14.2. The maximum Gasteiger partial charge on any atom is 0.501 e. The van der Waals surface area contributed by atoms with Gasteiger partial charge in [-0.1, -0.05) is 20.8 Å². The van der Waals surface area contributed by atoms with Gasteiger partial charge < -0.3 is 18.0 Å². The highest BCUT2D eigenvalue weighted by Gasteiger charge is 2.40. The Morgan fingerprint density at radius 1 is 0.743 bits per heavy atom. The fourth-order valence-electron chi connectivity index (χ4n) is 5.83. The Morgan fingerprint density at radius 2 is 1.20 bits per heavy atom. The summed E-state index contributed by atoms with van der Waals surface area (Å²) in [7, 11) is -2.61. The van der Waals surface area contributed by atoms with Crippen LogP contribution in [0.15, 0.2) is 0 Å². The van der Waals surface area contributed by atoms with E-state index in [0.717, 1.165) is 63.8 Å². The van der Waals surface area contributed by atoms with Gasteiger partial charge in [0.05, 0.1) is 12.5 Å². The van der Waals surface area contributed by atoms with Gasteiger partial charge in [-0.3, -0.25) is 9.59 Å². The van der Waals surface area contributed by atoms with Crippen LogP contribution in [0.3, 0.4) is 0 Å². The molecular formula is C28H52O6Si. The predicted octanol–water partition coefficient (Wildman–Crippen LogP) is 6.38. The van der Waals surface area contributed by atoms with E-state index in [-0.39, 0.29) is 35.9 Å². The third-order valence-electron chi connectivity index (χ3n) is 7.96. The molecule has 6 nitrogen and oxygen atoms in total. The molecule has 0 aliphatic heterocycles. The van der Waals surface area contributed by atoms with E-state index in [4.69, 9.17) is 18.0 Å². The lowest BCUT2D eigenvalue weighted by atomic mass is 9.68. The van der Waals surface area contributed by atoms with Crippen LogP contribution in [0.5, 0.6) is 0 Å². The van der Waals surface area contributed by atoms with Crippen molar-refractivity contribution in [3.05, 3.63) is 0 Å². The Hall–Kier alpha value is -0.603. The van der Waals surface area contributed by atoms with Gasteiger partial charge in [-0.15, -0.1) is 0 Å². The highest BCUT2D eigenvalue weighted by molar-refractivity contribution is 6.60. The Kier molecular flexibility index (Phi) is 13.1. The van der Waals surface area contributed by atoms with Crippen molar-refractivity contribution in [3.63, 3.8) is 0 Å². The van der Waals surface area contributed by atoms with Gasteiger partial charge in [-0.2, -0.15) is 0 Å². The van der Waals surface area contributed by atoms with E-state index in [0.29, 0.717) is 37.8 Å². The minimum atomic E-state index is -2.61. The molecule has 0 N–H and O–H groups in total. The number of ether oxygens (including phenoxy) is 1. The van der Waals surface area contributed by atoms with Crippen LogP contribution in [0.2, 0.25) is 6.04 Å². The molecule has 0 radical (unpaired) electrons. The Bertz CT molecular complexity index is 613. The predicted molar refractivity (Wildman–Crippen MR) is 141 cm³/mol. The van der Waals surface area contributed by atoms with Crippen molar-refractivity contribution in [2.45, 2.75) is 118 Å². The molecule has 0 atom stereocenters. The van der Waals surface area contributed by atoms with Crippen molar-refractivity contribution in [2.24, 2.45) is 23.2 Å².